The predicted octanol–water partition coefficient (Wildman–Crippen LogP) is 1.69. The van der Waals surface area contributed by atoms with Crippen LogP contribution in [-0.4, -0.2) is 72.7 Å². The molecular formula is C20H32N4O2. The van der Waals surface area contributed by atoms with Crippen LogP contribution in [0.3, 0.4) is 0 Å². The van der Waals surface area contributed by atoms with Crippen LogP contribution in [0.2, 0.25) is 0 Å². The van der Waals surface area contributed by atoms with Crippen molar-refractivity contribution in [2.45, 2.75) is 38.8 Å². The Hall–Kier alpha value is -1.50. The summed E-state index contributed by atoms with van der Waals surface area (Å²) < 4.78 is 5.49. The third-order valence-corrected chi connectivity index (χ3v) is 5.68. The smallest absolute Gasteiger partial charge is 0.223 e. The van der Waals surface area contributed by atoms with Crippen molar-refractivity contribution in [1.29, 1.82) is 0 Å². The molecule has 2 aliphatic heterocycles. The second-order valence-corrected chi connectivity index (χ2v) is 7.59. The van der Waals surface area contributed by atoms with Crippen LogP contribution < -0.4 is 5.32 Å². The Morgan fingerprint density at radius 1 is 1.15 bits per heavy atom. The molecule has 0 unspecified atom stereocenters. The SMILES string of the molecule is CC(C)N1CCC(C(=O)NC[C@H](c2ccncc2)N2CCOCC2)CC1. The fraction of sp³-hybridized carbons (Fsp3) is 0.700. The van der Waals surface area contributed by atoms with Crippen molar-refractivity contribution in [2.24, 2.45) is 5.92 Å². The maximum absolute atomic E-state index is 12.7. The summed E-state index contributed by atoms with van der Waals surface area (Å²) in [4.78, 5) is 21.7. The van der Waals surface area contributed by atoms with Gasteiger partial charge in [0, 0.05) is 44.0 Å². The Morgan fingerprint density at radius 3 is 2.42 bits per heavy atom. The number of pyridine rings is 1. The Labute approximate surface area is 156 Å². The number of rotatable bonds is 6. The lowest BCUT2D eigenvalue weighted by Crippen LogP contribution is -2.46. The lowest BCUT2D eigenvalue weighted by Gasteiger charge is -2.36. The number of nitrogens with zero attached hydrogens (tertiary/aromatic N) is 3. The normalized spacial score (nSPS) is 21.7. The maximum Gasteiger partial charge on any atom is 0.223 e. The lowest BCUT2D eigenvalue weighted by molar-refractivity contribution is -0.127. The first-order chi connectivity index (χ1) is 12.6. The number of carbonyl (C=O) groups excluding carboxylic acids is 1. The van der Waals surface area contributed by atoms with Crippen LogP contribution in [0, 0.1) is 5.92 Å². The van der Waals surface area contributed by atoms with E-state index in [1.54, 1.807) is 0 Å². The summed E-state index contributed by atoms with van der Waals surface area (Å²) in [6.45, 7) is 10.4. The second kappa shape index (κ2) is 9.44. The molecule has 0 aliphatic carbocycles. The first-order valence-electron chi connectivity index (χ1n) is 9.88. The molecular weight excluding hydrogens is 328 g/mol. The van der Waals surface area contributed by atoms with Gasteiger partial charge >= 0.3 is 0 Å². The topological polar surface area (TPSA) is 57.7 Å². The predicted molar refractivity (Wildman–Crippen MR) is 102 cm³/mol. The van der Waals surface area contributed by atoms with Gasteiger partial charge in [-0.1, -0.05) is 0 Å². The Balaban J connectivity index is 1.56. The minimum Gasteiger partial charge on any atom is -0.379 e. The number of morpholine rings is 1. The van der Waals surface area contributed by atoms with Gasteiger partial charge in [0.1, 0.15) is 0 Å². The van der Waals surface area contributed by atoms with Gasteiger partial charge in [-0.05, 0) is 57.5 Å². The summed E-state index contributed by atoms with van der Waals surface area (Å²) in [6.07, 6.45) is 5.57. The van der Waals surface area contributed by atoms with Crippen LogP contribution in [0.25, 0.3) is 0 Å². The summed E-state index contributed by atoms with van der Waals surface area (Å²) in [5.41, 5.74) is 1.21. The van der Waals surface area contributed by atoms with Crippen LogP contribution >= 0.6 is 0 Å². The number of nitrogens with one attached hydrogen (secondary N) is 1. The van der Waals surface area contributed by atoms with Gasteiger partial charge in [-0.3, -0.25) is 14.7 Å². The molecule has 1 aromatic heterocycles. The molecule has 1 aromatic rings. The van der Waals surface area contributed by atoms with Gasteiger partial charge in [-0.25, -0.2) is 0 Å². The van der Waals surface area contributed by atoms with E-state index in [1.165, 1.54) is 5.56 Å². The van der Waals surface area contributed by atoms with Crippen LogP contribution in [-0.2, 0) is 9.53 Å². The zero-order valence-corrected chi connectivity index (χ0v) is 16.1. The molecule has 0 radical (unpaired) electrons. The molecule has 1 amide bonds. The van der Waals surface area contributed by atoms with Gasteiger partial charge in [0.05, 0.1) is 19.3 Å². The van der Waals surface area contributed by atoms with E-state index >= 15 is 0 Å². The number of carbonyl (C=O) groups is 1. The van der Waals surface area contributed by atoms with E-state index in [9.17, 15) is 4.79 Å². The zero-order chi connectivity index (χ0) is 18.4. The quantitative estimate of drug-likeness (QED) is 0.837. The number of likely N-dealkylation sites (tertiary alicyclic amines) is 1. The van der Waals surface area contributed by atoms with Crippen molar-refractivity contribution in [2.75, 3.05) is 45.9 Å². The molecule has 2 saturated heterocycles. The molecule has 1 N–H and O–H groups in total. The van der Waals surface area contributed by atoms with Gasteiger partial charge in [0.25, 0.3) is 0 Å². The summed E-state index contributed by atoms with van der Waals surface area (Å²) in [5.74, 6) is 0.355. The van der Waals surface area contributed by atoms with E-state index in [1.807, 2.05) is 24.5 Å². The van der Waals surface area contributed by atoms with Gasteiger partial charge in [0.15, 0.2) is 0 Å². The Kier molecular flexibility index (Phi) is 7.00. The summed E-state index contributed by atoms with van der Waals surface area (Å²) >= 11 is 0. The highest BCUT2D eigenvalue weighted by Crippen LogP contribution is 2.22. The van der Waals surface area contributed by atoms with Crippen LogP contribution in [0.4, 0.5) is 0 Å². The molecule has 0 bridgehead atoms. The molecule has 0 spiro atoms. The van der Waals surface area contributed by atoms with Gasteiger partial charge in [-0.15, -0.1) is 0 Å². The van der Waals surface area contributed by atoms with E-state index in [-0.39, 0.29) is 17.9 Å². The summed E-state index contributed by atoms with van der Waals surface area (Å²) in [6, 6.07) is 4.85. The van der Waals surface area contributed by atoms with Crippen LogP contribution in [0.15, 0.2) is 24.5 Å². The number of aromatic nitrogens is 1. The molecule has 6 nitrogen and oxygen atoms in total. The van der Waals surface area contributed by atoms with Gasteiger partial charge in [0.2, 0.25) is 5.91 Å². The van der Waals surface area contributed by atoms with Crippen molar-refractivity contribution < 1.29 is 9.53 Å². The molecule has 3 heterocycles. The standard InChI is InChI=1S/C20H32N4O2/c1-16(2)23-9-5-18(6-10-23)20(25)22-15-19(17-3-7-21-8-4-17)24-11-13-26-14-12-24/h3-4,7-8,16,18-19H,5-6,9-15H2,1-2H3,(H,22,25)/t19-/m1/s1. The molecule has 144 valence electrons. The highest BCUT2D eigenvalue weighted by Gasteiger charge is 2.28. The number of amides is 1. The lowest BCUT2D eigenvalue weighted by atomic mass is 9.95. The number of ether oxygens (including phenoxy) is 1. The Bertz CT molecular complexity index is 552. The fourth-order valence-corrected chi connectivity index (χ4v) is 3.95. The summed E-state index contributed by atoms with van der Waals surface area (Å²) in [5, 5.41) is 3.23. The van der Waals surface area contributed by atoms with E-state index < -0.39 is 0 Å². The molecule has 0 saturated carbocycles. The zero-order valence-electron chi connectivity index (χ0n) is 16.1. The van der Waals surface area contributed by atoms with Gasteiger partial charge in [-0.2, -0.15) is 0 Å². The third kappa shape index (κ3) is 5.02. The molecule has 2 fully saturated rings. The molecule has 1 atom stereocenters. The number of hydrogen-bond donors (Lipinski definition) is 1. The minimum atomic E-state index is 0.146. The van der Waals surface area contributed by atoms with Gasteiger partial charge < -0.3 is 15.0 Å². The highest BCUT2D eigenvalue weighted by atomic mass is 16.5. The summed E-state index contributed by atoms with van der Waals surface area (Å²) in [7, 11) is 0. The highest BCUT2D eigenvalue weighted by molar-refractivity contribution is 5.78. The van der Waals surface area contributed by atoms with E-state index in [0.717, 1.165) is 52.2 Å². The van der Waals surface area contributed by atoms with Crippen molar-refractivity contribution in [3.05, 3.63) is 30.1 Å². The monoisotopic (exact) mass is 360 g/mol. The average molecular weight is 361 g/mol. The first-order valence-corrected chi connectivity index (χ1v) is 9.88. The van der Waals surface area contributed by atoms with Crippen LogP contribution in [0.1, 0.15) is 38.3 Å². The number of piperidine rings is 1. The van der Waals surface area contributed by atoms with E-state index in [0.29, 0.717) is 12.6 Å². The molecule has 26 heavy (non-hydrogen) atoms. The fourth-order valence-electron chi connectivity index (χ4n) is 3.95. The molecule has 2 aliphatic rings. The molecule has 6 heteroatoms. The van der Waals surface area contributed by atoms with E-state index in [2.05, 4.69) is 33.9 Å². The largest absolute Gasteiger partial charge is 0.379 e. The van der Waals surface area contributed by atoms with Crippen LogP contribution in [0.5, 0.6) is 0 Å². The third-order valence-electron chi connectivity index (χ3n) is 5.68. The van der Waals surface area contributed by atoms with Crippen molar-refractivity contribution in [3.8, 4) is 0 Å². The molecule has 3 rings (SSSR count). The first kappa shape index (κ1) is 19.3. The van der Waals surface area contributed by atoms with Crippen molar-refractivity contribution in [1.82, 2.24) is 20.1 Å². The maximum atomic E-state index is 12.7. The average Bonchev–Trinajstić information content (AvgIpc) is 2.69. The van der Waals surface area contributed by atoms with E-state index in [4.69, 9.17) is 4.74 Å². The van der Waals surface area contributed by atoms with Crippen molar-refractivity contribution in [3.63, 3.8) is 0 Å². The van der Waals surface area contributed by atoms with Crippen molar-refractivity contribution >= 4 is 5.91 Å². The Morgan fingerprint density at radius 2 is 1.81 bits per heavy atom. The number of hydrogen-bond acceptors (Lipinski definition) is 5. The second-order valence-electron chi connectivity index (χ2n) is 7.59. The minimum absolute atomic E-state index is 0.146. The molecule has 0 aromatic carbocycles.